The molecule has 136 valence electrons. The summed E-state index contributed by atoms with van der Waals surface area (Å²) in [5.74, 6) is -0.440. The minimum absolute atomic E-state index is 0.0364. The number of hydrogen-bond donors (Lipinski definition) is 2. The average molecular weight is 537 g/mol. The van der Waals surface area contributed by atoms with Gasteiger partial charge in [0.2, 0.25) is 5.91 Å². The normalized spacial score (nSPS) is 32.2. The van der Waals surface area contributed by atoms with Crippen molar-refractivity contribution in [3.63, 3.8) is 0 Å². The Hall–Kier alpha value is -0.400. The van der Waals surface area contributed by atoms with Gasteiger partial charge in [-0.1, -0.05) is 79.3 Å². The maximum absolute atomic E-state index is 13.0. The minimum atomic E-state index is -0.534. The first-order chi connectivity index (χ1) is 11.6. The standard InChI is InChI=1S/C18H21Br3N2O2/c1-10-4-6-11(7-5-10)12(24)22-23-15(25)18-9-8-17(13(18)19,14(20)21)16(18,2)3/h4-7,13-14H,8-9H2,1-3H3,(H,22,24)(H,23,25). The fourth-order valence-electron chi connectivity index (χ4n) is 4.70. The van der Waals surface area contributed by atoms with Crippen molar-refractivity contribution < 1.29 is 9.59 Å². The van der Waals surface area contributed by atoms with Gasteiger partial charge in [0.15, 0.2) is 0 Å². The van der Waals surface area contributed by atoms with Gasteiger partial charge in [-0.15, -0.1) is 0 Å². The van der Waals surface area contributed by atoms with Crippen LogP contribution in [0.4, 0.5) is 0 Å². The van der Waals surface area contributed by atoms with Gasteiger partial charge in [-0.25, -0.2) is 0 Å². The van der Waals surface area contributed by atoms with Crippen LogP contribution in [-0.2, 0) is 4.79 Å². The topological polar surface area (TPSA) is 58.2 Å². The highest BCUT2D eigenvalue weighted by Crippen LogP contribution is 2.82. The molecular formula is C18H21Br3N2O2. The Balaban J connectivity index is 1.72. The van der Waals surface area contributed by atoms with E-state index in [0.29, 0.717) is 5.56 Å². The van der Waals surface area contributed by atoms with Crippen molar-refractivity contribution in [1.82, 2.24) is 10.9 Å². The molecule has 4 rings (SSSR count). The third kappa shape index (κ3) is 2.41. The molecule has 2 N–H and O–H groups in total. The van der Waals surface area contributed by atoms with E-state index in [0.717, 1.165) is 18.4 Å². The summed E-state index contributed by atoms with van der Waals surface area (Å²) in [5.41, 5.74) is 6.05. The smallest absolute Gasteiger partial charge is 0.269 e. The highest BCUT2D eigenvalue weighted by molar-refractivity contribution is 9.24. The first kappa shape index (κ1) is 19.4. The van der Waals surface area contributed by atoms with Gasteiger partial charge in [-0.05, 0) is 37.3 Å². The number of hydrazine groups is 1. The summed E-state index contributed by atoms with van der Waals surface area (Å²) in [6.07, 6.45) is 1.73. The van der Waals surface area contributed by atoms with Crippen LogP contribution in [-0.4, -0.2) is 20.4 Å². The first-order valence-electron chi connectivity index (χ1n) is 8.21. The van der Waals surface area contributed by atoms with E-state index >= 15 is 0 Å². The molecule has 3 unspecified atom stereocenters. The molecule has 4 nitrogen and oxygen atoms in total. The van der Waals surface area contributed by atoms with Crippen molar-refractivity contribution in [2.45, 2.75) is 42.2 Å². The predicted molar refractivity (Wildman–Crippen MR) is 109 cm³/mol. The Labute approximate surface area is 173 Å². The van der Waals surface area contributed by atoms with Crippen LogP contribution in [0, 0.1) is 23.2 Å². The third-order valence-electron chi connectivity index (χ3n) is 6.49. The van der Waals surface area contributed by atoms with E-state index in [1.54, 1.807) is 12.1 Å². The van der Waals surface area contributed by atoms with Crippen molar-refractivity contribution >= 4 is 59.6 Å². The Kier molecular flexibility index (Phi) is 4.91. The fourth-order valence-corrected chi connectivity index (χ4v) is 9.62. The molecule has 2 bridgehead atoms. The first-order valence-corrected chi connectivity index (χ1v) is 11.0. The van der Waals surface area contributed by atoms with Crippen LogP contribution in [0.3, 0.4) is 0 Å². The number of amides is 2. The van der Waals surface area contributed by atoms with Gasteiger partial charge in [0, 0.05) is 15.8 Å². The lowest BCUT2D eigenvalue weighted by molar-refractivity contribution is -0.162. The van der Waals surface area contributed by atoms with Gasteiger partial charge in [0.05, 0.1) is 9.15 Å². The molecule has 3 saturated carbocycles. The number of fused-ring (bicyclic) bond motifs is 1. The number of alkyl halides is 3. The number of rotatable bonds is 3. The fraction of sp³-hybridized carbons (Fsp3) is 0.556. The second kappa shape index (κ2) is 6.34. The monoisotopic (exact) mass is 534 g/mol. The van der Waals surface area contributed by atoms with Gasteiger partial charge in [-0.2, -0.15) is 0 Å². The van der Waals surface area contributed by atoms with Crippen molar-refractivity contribution in [3.05, 3.63) is 35.4 Å². The van der Waals surface area contributed by atoms with Crippen molar-refractivity contribution in [3.8, 4) is 0 Å². The van der Waals surface area contributed by atoms with Crippen LogP contribution in [0.15, 0.2) is 24.3 Å². The van der Waals surface area contributed by atoms with Crippen LogP contribution in [0.2, 0.25) is 0 Å². The molecule has 2 amide bonds. The highest BCUT2D eigenvalue weighted by atomic mass is 79.9. The predicted octanol–water partition coefficient (Wildman–Crippen LogP) is 4.44. The summed E-state index contributed by atoms with van der Waals surface area (Å²) in [6, 6.07) is 7.24. The molecule has 3 atom stereocenters. The molecule has 1 aromatic rings. The molecule has 0 spiro atoms. The van der Waals surface area contributed by atoms with Gasteiger partial charge < -0.3 is 0 Å². The van der Waals surface area contributed by atoms with E-state index in [9.17, 15) is 9.59 Å². The molecule has 0 aromatic heterocycles. The molecule has 7 heteroatoms. The van der Waals surface area contributed by atoms with Crippen LogP contribution >= 0.6 is 47.8 Å². The van der Waals surface area contributed by atoms with Crippen molar-refractivity contribution in [2.24, 2.45) is 16.2 Å². The second-order valence-corrected chi connectivity index (χ2v) is 11.6. The van der Waals surface area contributed by atoms with E-state index in [1.807, 2.05) is 19.1 Å². The average Bonchev–Trinajstić information content (AvgIpc) is 3.02. The van der Waals surface area contributed by atoms with Crippen molar-refractivity contribution in [2.75, 3.05) is 0 Å². The minimum Gasteiger partial charge on any atom is -0.273 e. The molecular weight excluding hydrogens is 516 g/mol. The number of hydrogen-bond acceptors (Lipinski definition) is 2. The molecule has 3 aliphatic carbocycles. The lowest BCUT2D eigenvalue weighted by Crippen LogP contribution is -2.72. The SMILES string of the molecule is Cc1ccc(C(=O)NNC(=O)C23CCC(C(Br)Br)(C2Br)C3(C)C)cc1. The Morgan fingerprint density at radius 3 is 2.20 bits per heavy atom. The van der Waals surface area contributed by atoms with Crippen LogP contribution in [0.5, 0.6) is 0 Å². The number of aryl methyl sites for hydroxylation is 1. The van der Waals surface area contributed by atoms with Crippen molar-refractivity contribution in [1.29, 1.82) is 0 Å². The Bertz CT molecular complexity index is 720. The number of carbonyl (C=O) groups is 2. The summed E-state index contributed by atoms with van der Waals surface area (Å²) < 4.78 is 0.123. The molecule has 25 heavy (non-hydrogen) atoms. The number of halogens is 3. The van der Waals surface area contributed by atoms with Gasteiger partial charge in [0.25, 0.3) is 5.91 Å². The van der Waals surface area contributed by atoms with E-state index in [4.69, 9.17) is 0 Å². The molecule has 0 aliphatic heterocycles. The molecule has 1 aromatic carbocycles. The summed E-state index contributed by atoms with van der Waals surface area (Å²) in [6.45, 7) is 6.23. The van der Waals surface area contributed by atoms with Crippen LogP contribution in [0.1, 0.15) is 42.6 Å². The quantitative estimate of drug-likeness (QED) is 0.443. The Morgan fingerprint density at radius 2 is 1.72 bits per heavy atom. The largest absolute Gasteiger partial charge is 0.273 e. The molecule has 0 heterocycles. The third-order valence-corrected chi connectivity index (χ3v) is 9.73. The number of nitrogens with one attached hydrogen (secondary N) is 2. The number of carbonyl (C=O) groups excluding carboxylic acids is 2. The van der Waals surface area contributed by atoms with E-state index in [-0.39, 0.29) is 31.2 Å². The highest BCUT2D eigenvalue weighted by Gasteiger charge is 2.83. The lowest BCUT2D eigenvalue weighted by atomic mass is 9.43. The van der Waals surface area contributed by atoms with Gasteiger partial charge >= 0.3 is 0 Å². The van der Waals surface area contributed by atoms with E-state index in [1.165, 1.54) is 0 Å². The lowest BCUT2D eigenvalue weighted by Gasteiger charge is -2.66. The summed E-state index contributed by atoms with van der Waals surface area (Å²) in [5, 5.41) is 0. The zero-order valence-corrected chi connectivity index (χ0v) is 19.1. The maximum Gasteiger partial charge on any atom is 0.269 e. The van der Waals surface area contributed by atoms with E-state index < -0.39 is 5.41 Å². The van der Waals surface area contributed by atoms with E-state index in [2.05, 4.69) is 72.5 Å². The molecule has 3 fully saturated rings. The Morgan fingerprint density at radius 1 is 1.12 bits per heavy atom. The van der Waals surface area contributed by atoms with Gasteiger partial charge in [-0.3, -0.25) is 20.4 Å². The summed E-state index contributed by atoms with van der Waals surface area (Å²) in [7, 11) is 0. The zero-order valence-electron chi connectivity index (χ0n) is 14.3. The van der Waals surface area contributed by atoms with Crippen LogP contribution < -0.4 is 10.9 Å². The van der Waals surface area contributed by atoms with Gasteiger partial charge in [0.1, 0.15) is 0 Å². The molecule has 3 aliphatic rings. The molecule has 0 saturated heterocycles. The zero-order chi connectivity index (χ0) is 18.6. The number of benzene rings is 1. The summed E-state index contributed by atoms with van der Waals surface area (Å²) in [4.78, 5) is 25.3. The molecule has 0 radical (unpaired) electrons. The maximum atomic E-state index is 13.0. The second-order valence-electron chi connectivity index (χ2n) is 7.57. The van der Waals surface area contributed by atoms with Crippen LogP contribution in [0.25, 0.3) is 0 Å². The summed E-state index contributed by atoms with van der Waals surface area (Å²) >= 11 is 11.1.